The van der Waals surface area contributed by atoms with Crippen LogP contribution in [-0.2, 0) is 4.74 Å². The van der Waals surface area contributed by atoms with Gasteiger partial charge < -0.3 is 9.47 Å². The van der Waals surface area contributed by atoms with Gasteiger partial charge >= 0.3 is 5.97 Å². The molecule has 0 unspecified atom stereocenters. The molecular weight excluding hydrogens is 239 g/mol. The number of rotatable bonds is 4. The Morgan fingerprint density at radius 2 is 2.18 bits per heavy atom. The van der Waals surface area contributed by atoms with Crippen LogP contribution in [0.5, 0.6) is 5.75 Å². The third-order valence-electron chi connectivity index (χ3n) is 1.89. The van der Waals surface area contributed by atoms with Gasteiger partial charge in [0.1, 0.15) is 11.3 Å². The number of esters is 1. The molecule has 1 aromatic rings. The number of methoxy groups -OCH3 is 1. The van der Waals surface area contributed by atoms with Crippen LogP contribution in [-0.4, -0.2) is 24.7 Å². The lowest BCUT2D eigenvalue weighted by molar-refractivity contribution is 0.0518. The molecule has 0 saturated carbocycles. The highest BCUT2D eigenvalue weighted by Crippen LogP contribution is 2.28. The van der Waals surface area contributed by atoms with Crippen LogP contribution in [0.15, 0.2) is 6.07 Å². The normalized spacial score (nSPS) is 10.5. The van der Waals surface area contributed by atoms with Crippen LogP contribution in [0.25, 0.3) is 0 Å². The summed E-state index contributed by atoms with van der Waals surface area (Å²) >= 11 is 0. The number of nitrogens with zero attached hydrogens (tertiary/aromatic N) is 1. The van der Waals surface area contributed by atoms with E-state index in [1.165, 1.54) is 6.92 Å². The van der Waals surface area contributed by atoms with Crippen molar-refractivity contribution in [3.05, 3.63) is 23.3 Å². The van der Waals surface area contributed by atoms with Gasteiger partial charge in [-0.1, -0.05) is 0 Å². The van der Waals surface area contributed by atoms with Crippen molar-refractivity contribution in [1.29, 1.82) is 0 Å². The fourth-order valence-corrected chi connectivity index (χ4v) is 1.16. The van der Waals surface area contributed by atoms with Crippen LogP contribution in [0, 0.1) is 5.95 Å². The van der Waals surface area contributed by atoms with Gasteiger partial charge in [-0.05, 0) is 6.92 Å². The monoisotopic (exact) mass is 249 g/mol. The first kappa shape index (κ1) is 13.3. The Balaban J connectivity index is 3.22. The summed E-state index contributed by atoms with van der Waals surface area (Å²) in [6.07, 6.45) is -2.99. The lowest BCUT2D eigenvalue weighted by atomic mass is 10.2. The molecule has 0 N–H and O–H groups in total. The molecule has 7 heteroatoms. The van der Waals surface area contributed by atoms with Crippen molar-refractivity contribution in [3.63, 3.8) is 0 Å². The molecule has 0 atom stereocenters. The zero-order valence-corrected chi connectivity index (χ0v) is 9.17. The first-order valence-corrected chi connectivity index (χ1v) is 4.71. The minimum absolute atomic E-state index is 0.0389. The largest absolute Gasteiger partial charge is 0.495 e. The third-order valence-corrected chi connectivity index (χ3v) is 1.89. The van der Waals surface area contributed by atoms with E-state index < -0.39 is 29.6 Å². The highest BCUT2D eigenvalue weighted by molar-refractivity contribution is 5.89. The molecule has 94 valence electrons. The van der Waals surface area contributed by atoms with Crippen LogP contribution in [0.1, 0.15) is 29.4 Å². The summed E-state index contributed by atoms with van der Waals surface area (Å²) in [6, 6.07) is 0.849. The van der Waals surface area contributed by atoms with Crippen molar-refractivity contribution >= 4 is 5.97 Å². The lowest BCUT2D eigenvalue weighted by Crippen LogP contribution is -2.11. The van der Waals surface area contributed by atoms with E-state index in [4.69, 9.17) is 0 Å². The Bertz CT molecular complexity index is 424. The van der Waals surface area contributed by atoms with Gasteiger partial charge in [-0.3, -0.25) is 0 Å². The minimum atomic E-state index is -2.99. The minimum Gasteiger partial charge on any atom is -0.495 e. The van der Waals surface area contributed by atoms with Crippen molar-refractivity contribution in [2.24, 2.45) is 0 Å². The predicted octanol–water partition coefficient (Wildman–Crippen LogP) is 2.34. The van der Waals surface area contributed by atoms with E-state index in [2.05, 4.69) is 14.5 Å². The molecule has 0 spiro atoms. The SMILES string of the molecule is CCOC(=O)c1cc(OC)c(C(F)F)nc1F. The number of halogens is 3. The maximum Gasteiger partial charge on any atom is 0.342 e. The Morgan fingerprint density at radius 1 is 1.53 bits per heavy atom. The molecule has 0 amide bonds. The Hall–Kier alpha value is -1.79. The molecule has 1 aromatic heterocycles. The van der Waals surface area contributed by atoms with Crippen LogP contribution in [0.3, 0.4) is 0 Å². The first-order chi connectivity index (χ1) is 8.01. The predicted molar refractivity (Wildman–Crippen MR) is 51.7 cm³/mol. The van der Waals surface area contributed by atoms with E-state index in [1.807, 2.05) is 0 Å². The van der Waals surface area contributed by atoms with Gasteiger partial charge in [0.15, 0.2) is 5.69 Å². The number of alkyl halides is 2. The van der Waals surface area contributed by atoms with Gasteiger partial charge in [-0.15, -0.1) is 0 Å². The van der Waals surface area contributed by atoms with Gasteiger partial charge in [-0.25, -0.2) is 18.6 Å². The second-order valence-electron chi connectivity index (χ2n) is 2.94. The maximum absolute atomic E-state index is 13.3. The number of pyridine rings is 1. The van der Waals surface area contributed by atoms with Crippen LogP contribution < -0.4 is 4.74 Å². The lowest BCUT2D eigenvalue weighted by Gasteiger charge is -2.09. The smallest absolute Gasteiger partial charge is 0.342 e. The molecule has 0 aliphatic heterocycles. The molecule has 0 aromatic carbocycles. The van der Waals surface area contributed by atoms with Crippen LogP contribution in [0.2, 0.25) is 0 Å². The van der Waals surface area contributed by atoms with E-state index in [9.17, 15) is 18.0 Å². The van der Waals surface area contributed by atoms with Crippen molar-refractivity contribution < 1.29 is 27.4 Å². The molecular formula is C10H10F3NO3. The quantitative estimate of drug-likeness (QED) is 0.607. The topological polar surface area (TPSA) is 48.4 Å². The number of hydrogen-bond donors (Lipinski definition) is 0. The summed E-state index contributed by atoms with van der Waals surface area (Å²) in [7, 11) is 1.12. The highest BCUT2D eigenvalue weighted by atomic mass is 19.3. The van der Waals surface area contributed by atoms with E-state index in [1.54, 1.807) is 0 Å². The van der Waals surface area contributed by atoms with Gasteiger partial charge in [0, 0.05) is 6.07 Å². The Labute approximate surface area is 95.4 Å². The molecule has 17 heavy (non-hydrogen) atoms. The molecule has 4 nitrogen and oxygen atoms in total. The summed E-state index contributed by atoms with van der Waals surface area (Å²) in [5, 5.41) is 0. The zero-order chi connectivity index (χ0) is 13.0. The standard InChI is InChI=1S/C10H10F3NO3/c1-3-17-10(15)5-4-6(16-2)7(8(11)12)14-9(5)13/h4,8H,3H2,1-2H3. The average Bonchev–Trinajstić information content (AvgIpc) is 2.28. The number of aromatic nitrogens is 1. The average molecular weight is 249 g/mol. The highest BCUT2D eigenvalue weighted by Gasteiger charge is 2.23. The van der Waals surface area contributed by atoms with E-state index >= 15 is 0 Å². The molecule has 0 saturated heterocycles. The molecule has 1 rings (SSSR count). The summed E-state index contributed by atoms with van der Waals surface area (Å²) in [5.41, 5.74) is -1.38. The molecule has 0 fully saturated rings. The Morgan fingerprint density at radius 3 is 2.65 bits per heavy atom. The zero-order valence-electron chi connectivity index (χ0n) is 9.17. The first-order valence-electron chi connectivity index (χ1n) is 4.71. The molecule has 0 aliphatic rings. The Kier molecular flexibility index (Phi) is 4.30. The van der Waals surface area contributed by atoms with Crippen molar-refractivity contribution in [2.75, 3.05) is 13.7 Å². The van der Waals surface area contributed by atoms with E-state index in [-0.39, 0.29) is 12.4 Å². The number of carbonyl (C=O) groups is 1. The maximum atomic E-state index is 13.3. The molecule has 1 heterocycles. The van der Waals surface area contributed by atoms with Crippen LogP contribution in [0.4, 0.5) is 13.2 Å². The van der Waals surface area contributed by atoms with E-state index in [0.29, 0.717) is 0 Å². The summed E-state index contributed by atoms with van der Waals surface area (Å²) in [5.74, 6) is -2.64. The van der Waals surface area contributed by atoms with Gasteiger partial charge in [0.05, 0.1) is 13.7 Å². The van der Waals surface area contributed by atoms with Crippen molar-refractivity contribution in [3.8, 4) is 5.75 Å². The number of hydrogen-bond acceptors (Lipinski definition) is 4. The van der Waals surface area contributed by atoms with Gasteiger partial charge in [0.2, 0.25) is 5.95 Å². The fourth-order valence-electron chi connectivity index (χ4n) is 1.16. The number of ether oxygens (including phenoxy) is 2. The second kappa shape index (κ2) is 5.51. The molecule has 0 radical (unpaired) electrons. The summed E-state index contributed by atoms with van der Waals surface area (Å²) < 4.78 is 47.4. The van der Waals surface area contributed by atoms with Crippen molar-refractivity contribution in [1.82, 2.24) is 4.98 Å². The second-order valence-corrected chi connectivity index (χ2v) is 2.94. The third kappa shape index (κ3) is 2.86. The summed E-state index contributed by atoms with van der Waals surface area (Å²) in [6.45, 7) is 1.57. The van der Waals surface area contributed by atoms with Crippen molar-refractivity contribution in [2.45, 2.75) is 13.3 Å². The molecule has 0 bridgehead atoms. The molecule has 0 aliphatic carbocycles. The number of carbonyl (C=O) groups excluding carboxylic acids is 1. The van der Waals surface area contributed by atoms with Crippen LogP contribution >= 0.6 is 0 Å². The van der Waals surface area contributed by atoms with Gasteiger partial charge in [0.25, 0.3) is 6.43 Å². The summed E-state index contributed by atoms with van der Waals surface area (Å²) in [4.78, 5) is 14.3. The van der Waals surface area contributed by atoms with E-state index in [0.717, 1.165) is 13.2 Å². The van der Waals surface area contributed by atoms with Gasteiger partial charge in [-0.2, -0.15) is 4.39 Å². The fraction of sp³-hybridized carbons (Fsp3) is 0.400.